The van der Waals surface area contributed by atoms with E-state index < -0.39 is 0 Å². The van der Waals surface area contributed by atoms with Gasteiger partial charge in [-0.05, 0) is 18.2 Å². The van der Waals surface area contributed by atoms with Crippen molar-refractivity contribution >= 4 is 23.2 Å². The first-order valence-corrected chi connectivity index (χ1v) is 6.27. The molecule has 0 radical (unpaired) electrons. The largest absolute Gasteiger partial charge is 0.495 e. The number of halogens is 1. The van der Waals surface area contributed by atoms with Crippen molar-refractivity contribution in [1.82, 2.24) is 15.0 Å². The van der Waals surface area contributed by atoms with Gasteiger partial charge in [-0.15, -0.1) is 5.10 Å². The molecule has 0 bridgehead atoms. The Kier molecular flexibility index (Phi) is 4.54. The van der Waals surface area contributed by atoms with Gasteiger partial charge >= 0.3 is 0 Å². The summed E-state index contributed by atoms with van der Waals surface area (Å²) < 4.78 is 6.55. The van der Waals surface area contributed by atoms with Crippen LogP contribution in [-0.2, 0) is 6.54 Å². The van der Waals surface area contributed by atoms with Crippen LogP contribution in [-0.4, -0.2) is 34.6 Å². The van der Waals surface area contributed by atoms with Crippen molar-refractivity contribution in [3.63, 3.8) is 0 Å². The van der Waals surface area contributed by atoms with Crippen molar-refractivity contribution in [2.45, 2.75) is 6.54 Å². The molecule has 8 heteroatoms. The zero-order chi connectivity index (χ0) is 14.5. The standard InChI is InChI=1S/C12H14ClN5O2/c1-20-11-3-2-8(6-9(11)13)15-12(19)10-7-18(5-4-14)17-16-10/h2-3,6-7H,4-5,14H2,1H3,(H,15,19). The second-order valence-corrected chi connectivity index (χ2v) is 4.37. The summed E-state index contributed by atoms with van der Waals surface area (Å²) in [6.07, 6.45) is 1.54. The highest BCUT2D eigenvalue weighted by molar-refractivity contribution is 6.32. The number of amides is 1. The monoisotopic (exact) mass is 295 g/mol. The van der Waals surface area contributed by atoms with Crippen molar-refractivity contribution in [2.24, 2.45) is 5.73 Å². The molecule has 0 saturated carbocycles. The van der Waals surface area contributed by atoms with Crippen molar-refractivity contribution in [3.8, 4) is 5.75 Å². The van der Waals surface area contributed by atoms with E-state index in [1.165, 1.54) is 18.0 Å². The molecular formula is C12H14ClN5O2. The van der Waals surface area contributed by atoms with Crippen LogP contribution in [0.25, 0.3) is 0 Å². The molecule has 0 atom stereocenters. The second kappa shape index (κ2) is 6.36. The lowest BCUT2D eigenvalue weighted by atomic mass is 10.3. The Hall–Kier alpha value is -2.12. The SMILES string of the molecule is COc1ccc(NC(=O)c2cn(CCN)nn2)cc1Cl. The van der Waals surface area contributed by atoms with E-state index >= 15 is 0 Å². The second-order valence-electron chi connectivity index (χ2n) is 3.96. The summed E-state index contributed by atoms with van der Waals surface area (Å²) in [5.41, 5.74) is 6.16. The Bertz CT molecular complexity index is 614. The van der Waals surface area contributed by atoms with E-state index in [-0.39, 0.29) is 11.6 Å². The lowest BCUT2D eigenvalue weighted by Crippen LogP contribution is -2.13. The van der Waals surface area contributed by atoms with Crippen molar-refractivity contribution in [3.05, 3.63) is 35.1 Å². The number of carbonyl (C=O) groups excluding carboxylic acids is 1. The number of anilines is 1. The van der Waals surface area contributed by atoms with Crippen LogP contribution < -0.4 is 15.8 Å². The number of hydrogen-bond donors (Lipinski definition) is 2. The lowest BCUT2D eigenvalue weighted by Gasteiger charge is -2.06. The number of ether oxygens (including phenoxy) is 1. The predicted molar refractivity (Wildman–Crippen MR) is 75.0 cm³/mol. The molecule has 0 saturated heterocycles. The summed E-state index contributed by atoms with van der Waals surface area (Å²) in [5, 5.41) is 10.7. The maximum atomic E-state index is 12.0. The molecule has 106 valence electrons. The Balaban J connectivity index is 2.08. The molecule has 1 heterocycles. The Morgan fingerprint density at radius 2 is 2.35 bits per heavy atom. The summed E-state index contributed by atoms with van der Waals surface area (Å²) >= 11 is 5.98. The summed E-state index contributed by atoms with van der Waals surface area (Å²) in [7, 11) is 1.52. The summed E-state index contributed by atoms with van der Waals surface area (Å²) in [6.45, 7) is 0.938. The number of nitrogens with one attached hydrogen (secondary N) is 1. The average molecular weight is 296 g/mol. The molecule has 2 aromatic rings. The predicted octanol–water partition coefficient (Wildman–Crippen LogP) is 1.15. The third-order valence-corrected chi connectivity index (χ3v) is 2.83. The fourth-order valence-corrected chi connectivity index (χ4v) is 1.84. The van der Waals surface area contributed by atoms with Gasteiger partial charge in [-0.3, -0.25) is 9.48 Å². The van der Waals surface area contributed by atoms with Crippen LogP contribution in [0.15, 0.2) is 24.4 Å². The molecule has 3 N–H and O–H groups in total. The highest BCUT2D eigenvalue weighted by Crippen LogP contribution is 2.27. The lowest BCUT2D eigenvalue weighted by molar-refractivity contribution is 0.102. The topological polar surface area (TPSA) is 95.1 Å². The van der Waals surface area contributed by atoms with Crippen LogP contribution in [0.4, 0.5) is 5.69 Å². The van der Waals surface area contributed by atoms with Crippen molar-refractivity contribution < 1.29 is 9.53 Å². The van der Waals surface area contributed by atoms with E-state index in [1.54, 1.807) is 18.2 Å². The Morgan fingerprint density at radius 1 is 1.55 bits per heavy atom. The number of aromatic nitrogens is 3. The quantitative estimate of drug-likeness (QED) is 0.863. The first-order chi connectivity index (χ1) is 9.63. The molecule has 0 unspecified atom stereocenters. The van der Waals surface area contributed by atoms with Crippen LogP contribution in [0.5, 0.6) is 5.75 Å². The summed E-state index contributed by atoms with van der Waals surface area (Å²) in [4.78, 5) is 12.0. The molecule has 0 aliphatic heterocycles. The van der Waals surface area contributed by atoms with Crippen LogP contribution in [0, 0.1) is 0 Å². The van der Waals surface area contributed by atoms with Gasteiger partial charge in [0.15, 0.2) is 5.69 Å². The van der Waals surface area contributed by atoms with E-state index in [0.29, 0.717) is 29.5 Å². The number of nitrogens with two attached hydrogens (primary N) is 1. The number of rotatable bonds is 5. The summed E-state index contributed by atoms with van der Waals surface area (Å²) in [6, 6.07) is 4.96. The van der Waals surface area contributed by atoms with Crippen molar-refractivity contribution in [2.75, 3.05) is 19.0 Å². The van der Waals surface area contributed by atoms with Crippen molar-refractivity contribution in [1.29, 1.82) is 0 Å². The number of hydrogen-bond acceptors (Lipinski definition) is 5. The molecule has 1 amide bonds. The molecule has 20 heavy (non-hydrogen) atoms. The number of methoxy groups -OCH3 is 1. The normalized spacial score (nSPS) is 10.3. The first-order valence-electron chi connectivity index (χ1n) is 5.89. The molecule has 1 aromatic carbocycles. The molecule has 1 aromatic heterocycles. The molecule has 0 aliphatic rings. The average Bonchev–Trinajstić information content (AvgIpc) is 2.88. The minimum atomic E-state index is -0.366. The van der Waals surface area contributed by atoms with Gasteiger partial charge in [-0.2, -0.15) is 0 Å². The fraction of sp³-hybridized carbons (Fsp3) is 0.250. The van der Waals surface area contributed by atoms with E-state index in [4.69, 9.17) is 22.1 Å². The van der Waals surface area contributed by atoms with Crippen LogP contribution in [0.2, 0.25) is 5.02 Å². The molecule has 0 fully saturated rings. The smallest absolute Gasteiger partial charge is 0.277 e. The third-order valence-electron chi connectivity index (χ3n) is 2.54. The van der Waals surface area contributed by atoms with Gasteiger partial charge in [-0.25, -0.2) is 0 Å². The van der Waals surface area contributed by atoms with Gasteiger partial charge in [0.1, 0.15) is 5.75 Å². The van der Waals surface area contributed by atoms with Gasteiger partial charge in [0.25, 0.3) is 5.91 Å². The van der Waals surface area contributed by atoms with Crippen LogP contribution in [0.3, 0.4) is 0 Å². The highest BCUT2D eigenvalue weighted by atomic mass is 35.5. The third kappa shape index (κ3) is 3.25. The molecule has 0 aliphatic carbocycles. The zero-order valence-electron chi connectivity index (χ0n) is 10.8. The van der Waals surface area contributed by atoms with E-state index in [2.05, 4.69) is 15.6 Å². The zero-order valence-corrected chi connectivity index (χ0v) is 11.6. The van der Waals surface area contributed by atoms with Crippen LogP contribution in [0.1, 0.15) is 10.5 Å². The van der Waals surface area contributed by atoms with Gasteiger partial charge in [0, 0.05) is 12.2 Å². The van der Waals surface area contributed by atoms with Crippen LogP contribution >= 0.6 is 11.6 Å². The molecular weight excluding hydrogens is 282 g/mol. The molecule has 2 rings (SSSR count). The fourth-order valence-electron chi connectivity index (χ4n) is 1.58. The number of nitrogens with zero attached hydrogens (tertiary/aromatic N) is 3. The molecule has 0 spiro atoms. The Labute approximate surface area is 120 Å². The van der Waals surface area contributed by atoms with Gasteiger partial charge in [0.05, 0.1) is 24.9 Å². The van der Waals surface area contributed by atoms with Gasteiger partial charge in [0.2, 0.25) is 0 Å². The summed E-state index contributed by atoms with van der Waals surface area (Å²) in [5.74, 6) is 0.174. The Morgan fingerprint density at radius 3 is 3.00 bits per heavy atom. The minimum Gasteiger partial charge on any atom is -0.495 e. The minimum absolute atomic E-state index is 0.213. The number of carbonyl (C=O) groups is 1. The van der Waals surface area contributed by atoms with Gasteiger partial charge < -0.3 is 15.8 Å². The maximum Gasteiger partial charge on any atom is 0.277 e. The van der Waals surface area contributed by atoms with E-state index in [9.17, 15) is 4.79 Å². The van der Waals surface area contributed by atoms with E-state index in [0.717, 1.165) is 0 Å². The highest BCUT2D eigenvalue weighted by Gasteiger charge is 2.11. The van der Waals surface area contributed by atoms with Gasteiger partial charge in [-0.1, -0.05) is 16.8 Å². The molecule has 7 nitrogen and oxygen atoms in total. The van der Waals surface area contributed by atoms with E-state index in [1.807, 2.05) is 0 Å². The number of benzene rings is 1. The first kappa shape index (κ1) is 14.3. The maximum absolute atomic E-state index is 12.0.